The molecule has 1 saturated carbocycles. The quantitative estimate of drug-likeness (QED) is 0.714. The van der Waals surface area contributed by atoms with Gasteiger partial charge in [0, 0.05) is 18.8 Å². The molecule has 1 fully saturated rings. The summed E-state index contributed by atoms with van der Waals surface area (Å²) in [5.41, 5.74) is 0. The topological polar surface area (TPSA) is 41.6 Å². The first-order valence-corrected chi connectivity index (χ1v) is 6.28. The van der Waals surface area contributed by atoms with Crippen LogP contribution in [0.15, 0.2) is 12.4 Å². The standard InChI is InChI=1S/C13H19N3/c1-2-13-15-8-9-16(13)12-7-5-3-4-6-11(12)10-14/h8-9,11-12H,2-7H2,1H3. The van der Waals surface area contributed by atoms with Gasteiger partial charge in [0.25, 0.3) is 0 Å². The average molecular weight is 217 g/mol. The fourth-order valence-electron chi connectivity index (χ4n) is 2.69. The fraction of sp³-hybridized carbons (Fsp3) is 0.692. The number of aryl methyl sites for hydroxylation is 1. The van der Waals surface area contributed by atoms with E-state index in [1.54, 1.807) is 0 Å². The Hall–Kier alpha value is -1.30. The summed E-state index contributed by atoms with van der Waals surface area (Å²) in [6, 6.07) is 2.84. The highest BCUT2D eigenvalue weighted by atomic mass is 15.1. The van der Waals surface area contributed by atoms with Crippen molar-refractivity contribution in [2.24, 2.45) is 5.92 Å². The highest BCUT2D eigenvalue weighted by Crippen LogP contribution is 2.32. The first-order chi connectivity index (χ1) is 7.86. The van der Waals surface area contributed by atoms with Crippen LogP contribution in [0.25, 0.3) is 0 Å². The SMILES string of the molecule is CCc1nccn1C1CCCCCC1C#N. The lowest BCUT2D eigenvalue weighted by molar-refractivity contribution is 0.363. The van der Waals surface area contributed by atoms with Crippen molar-refractivity contribution in [1.29, 1.82) is 5.26 Å². The van der Waals surface area contributed by atoms with Gasteiger partial charge in [0.2, 0.25) is 0 Å². The Bertz CT molecular complexity index is 375. The summed E-state index contributed by atoms with van der Waals surface area (Å²) in [4.78, 5) is 4.36. The van der Waals surface area contributed by atoms with Crippen molar-refractivity contribution < 1.29 is 0 Å². The molecule has 16 heavy (non-hydrogen) atoms. The van der Waals surface area contributed by atoms with E-state index in [1.165, 1.54) is 19.3 Å². The second kappa shape index (κ2) is 5.16. The minimum atomic E-state index is 0.169. The molecule has 1 heterocycles. The van der Waals surface area contributed by atoms with Gasteiger partial charge in [-0.25, -0.2) is 4.98 Å². The van der Waals surface area contributed by atoms with Gasteiger partial charge in [-0.15, -0.1) is 0 Å². The lowest BCUT2D eigenvalue weighted by atomic mass is 9.96. The van der Waals surface area contributed by atoms with Crippen molar-refractivity contribution in [2.75, 3.05) is 0 Å². The maximum absolute atomic E-state index is 9.27. The Labute approximate surface area is 97.1 Å². The minimum absolute atomic E-state index is 0.169. The monoisotopic (exact) mass is 217 g/mol. The van der Waals surface area contributed by atoms with E-state index in [0.29, 0.717) is 6.04 Å². The van der Waals surface area contributed by atoms with Gasteiger partial charge in [-0.2, -0.15) is 5.26 Å². The van der Waals surface area contributed by atoms with E-state index in [2.05, 4.69) is 22.5 Å². The molecule has 2 rings (SSSR count). The van der Waals surface area contributed by atoms with Gasteiger partial charge in [-0.1, -0.05) is 26.2 Å². The van der Waals surface area contributed by atoms with Crippen molar-refractivity contribution in [3.05, 3.63) is 18.2 Å². The Morgan fingerprint density at radius 3 is 3.00 bits per heavy atom. The third-order valence-corrected chi connectivity index (χ3v) is 3.57. The van der Waals surface area contributed by atoms with Gasteiger partial charge in [0.1, 0.15) is 5.82 Å². The lowest BCUT2D eigenvalue weighted by Gasteiger charge is -2.22. The average Bonchev–Trinajstić information content (AvgIpc) is 2.66. The molecule has 0 bridgehead atoms. The Morgan fingerprint density at radius 1 is 1.44 bits per heavy atom. The van der Waals surface area contributed by atoms with Crippen molar-refractivity contribution >= 4 is 0 Å². The van der Waals surface area contributed by atoms with Crippen LogP contribution in [0.3, 0.4) is 0 Å². The third-order valence-electron chi connectivity index (χ3n) is 3.57. The summed E-state index contributed by atoms with van der Waals surface area (Å²) in [6.07, 6.45) is 10.7. The predicted octanol–water partition coefficient (Wildman–Crippen LogP) is 3.09. The molecule has 1 aromatic rings. The number of hydrogen-bond donors (Lipinski definition) is 0. The van der Waals surface area contributed by atoms with Gasteiger partial charge < -0.3 is 4.57 Å². The van der Waals surface area contributed by atoms with Crippen molar-refractivity contribution in [3.8, 4) is 6.07 Å². The summed E-state index contributed by atoms with van der Waals surface area (Å²) < 4.78 is 2.24. The van der Waals surface area contributed by atoms with Crippen LogP contribution in [-0.4, -0.2) is 9.55 Å². The maximum Gasteiger partial charge on any atom is 0.108 e. The molecular weight excluding hydrogens is 198 g/mol. The van der Waals surface area contributed by atoms with E-state index in [4.69, 9.17) is 0 Å². The van der Waals surface area contributed by atoms with Crippen LogP contribution in [0.4, 0.5) is 0 Å². The molecule has 0 spiro atoms. The first kappa shape index (κ1) is 11.2. The highest BCUT2D eigenvalue weighted by Gasteiger charge is 2.25. The second-order valence-corrected chi connectivity index (χ2v) is 4.55. The third kappa shape index (κ3) is 2.11. The molecular formula is C13H19N3. The number of nitrogens with zero attached hydrogens (tertiary/aromatic N) is 3. The van der Waals surface area contributed by atoms with Crippen LogP contribution in [-0.2, 0) is 6.42 Å². The van der Waals surface area contributed by atoms with Crippen LogP contribution in [0.5, 0.6) is 0 Å². The van der Waals surface area contributed by atoms with Crippen LogP contribution in [0.2, 0.25) is 0 Å². The zero-order valence-electron chi connectivity index (χ0n) is 9.89. The molecule has 3 nitrogen and oxygen atoms in total. The second-order valence-electron chi connectivity index (χ2n) is 4.55. The van der Waals surface area contributed by atoms with E-state index >= 15 is 0 Å². The van der Waals surface area contributed by atoms with E-state index < -0.39 is 0 Å². The maximum atomic E-state index is 9.27. The van der Waals surface area contributed by atoms with E-state index in [0.717, 1.165) is 25.1 Å². The molecule has 2 unspecified atom stereocenters. The molecule has 0 N–H and O–H groups in total. The summed E-state index contributed by atoms with van der Waals surface area (Å²) in [5, 5.41) is 9.27. The molecule has 2 atom stereocenters. The van der Waals surface area contributed by atoms with Gasteiger partial charge in [-0.3, -0.25) is 0 Å². The van der Waals surface area contributed by atoms with Crippen LogP contribution in [0.1, 0.15) is 50.9 Å². The first-order valence-electron chi connectivity index (χ1n) is 6.28. The van der Waals surface area contributed by atoms with Gasteiger partial charge in [-0.05, 0) is 12.8 Å². The smallest absolute Gasteiger partial charge is 0.108 e. The number of rotatable bonds is 2. The molecule has 0 amide bonds. The Balaban J connectivity index is 2.26. The normalized spacial score (nSPS) is 26.0. The molecule has 1 aliphatic carbocycles. The number of hydrogen-bond acceptors (Lipinski definition) is 2. The highest BCUT2D eigenvalue weighted by molar-refractivity contribution is 5.01. The van der Waals surface area contributed by atoms with E-state index in [-0.39, 0.29) is 5.92 Å². The number of imidazole rings is 1. The molecule has 0 radical (unpaired) electrons. The largest absolute Gasteiger partial charge is 0.331 e. The van der Waals surface area contributed by atoms with E-state index in [1.807, 2.05) is 12.4 Å². The molecule has 0 aliphatic heterocycles. The minimum Gasteiger partial charge on any atom is -0.331 e. The van der Waals surface area contributed by atoms with Crippen LogP contribution >= 0.6 is 0 Å². The Morgan fingerprint density at radius 2 is 2.25 bits per heavy atom. The van der Waals surface area contributed by atoms with Crippen molar-refractivity contribution in [3.63, 3.8) is 0 Å². The number of nitriles is 1. The van der Waals surface area contributed by atoms with Crippen LogP contribution in [0, 0.1) is 17.2 Å². The van der Waals surface area contributed by atoms with Gasteiger partial charge >= 0.3 is 0 Å². The molecule has 0 aromatic carbocycles. The summed E-state index contributed by atoms with van der Waals surface area (Å²) in [6.45, 7) is 2.12. The predicted molar refractivity (Wildman–Crippen MR) is 62.8 cm³/mol. The molecule has 0 saturated heterocycles. The fourth-order valence-corrected chi connectivity index (χ4v) is 2.69. The van der Waals surface area contributed by atoms with Crippen molar-refractivity contribution in [1.82, 2.24) is 9.55 Å². The van der Waals surface area contributed by atoms with Crippen molar-refractivity contribution in [2.45, 2.75) is 51.5 Å². The summed E-state index contributed by atoms with van der Waals surface area (Å²) in [7, 11) is 0. The zero-order valence-corrected chi connectivity index (χ0v) is 9.89. The van der Waals surface area contributed by atoms with Gasteiger partial charge in [0.15, 0.2) is 0 Å². The molecule has 1 aromatic heterocycles. The van der Waals surface area contributed by atoms with Crippen LogP contribution < -0.4 is 0 Å². The number of aromatic nitrogens is 2. The molecule has 3 heteroatoms. The molecule has 86 valence electrons. The summed E-state index contributed by atoms with van der Waals surface area (Å²) >= 11 is 0. The lowest BCUT2D eigenvalue weighted by Crippen LogP contribution is -2.18. The zero-order chi connectivity index (χ0) is 11.4. The van der Waals surface area contributed by atoms with E-state index in [9.17, 15) is 5.26 Å². The van der Waals surface area contributed by atoms with Gasteiger partial charge in [0.05, 0.1) is 18.0 Å². The summed E-state index contributed by atoms with van der Waals surface area (Å²) in [5.74, 6) is 1.29. The Kier molecular flexibility index (Phi) is 3.61. The molecule has 1 aliphatic rings.